The molecule has 1 aliphatic heterocycles. The number of carboxylic acid groups (broad SMARTS) is 1. The van der Waals surface area contributed by atoms with Gasteiger partial charge in [-0.3, -0.25) is 9.69 Å². The molecule has 0 bridgehead atoms. The molecule has 0 radical (unpaired) electrons. The summed E-state index contributed by atoms with van der Waals surface area (Å²) in [4.78, 5) is 22.2. The van der Waals surface area contributed by atoms with Gasteiger partial charge >= 0.3 is 12.0 Å². The van der Waals surface area contributed by atoms with Crippen molar-refractivity contribution in [3.05, 3.63) is 71.2 Å². The zero-order valence-electron chi connectivity index (χ0n) is 19.3. The SMILES string of the molecule is COc1nc(OCc2cccc(-c3cccc(F)c3)c2C)ncc1CN1CCCCC1C(=O)O. The summed E-state index contributed by atoms with van der Waals surface area (Å²) in [5.41, 5.74) is 4.38. The van der Waals surface area contributed by atoms with Gasteiger partial charge in [0.15, 0.2) is 0 Å². The largest absolute Gasteiger partial charge is 0.481 e. The molecule has 3 aromatic rings. The van der Waals surface area contributed by atoms with Crippen molar-refractivity contribution >= 4 is 5.97 Å². The molecule has 7 nitrogen and oxygen atoms in total. The third kappa shape index (κ3) is 5.34. The van der Waals surface area contributed by atoms with Gasteiger partial charge in [0.1, 0.15) is 18.5 Å². The fourth-order valence-electron chi connectivity index (χ4n) is 4.36. The van der Waals surface area contributed by atoms with E-state index >= 15 is 0 Å². The first kappa shape index (κ1) is 23.6. The van der Waals surface area contributed by atoms with Gasteiger partial charge in [0.05, 0.1) is 7.11 Å². The Hall–Kier alpha value is -3.52. The van der Waals surface area contributed by atoms with Gasteiger partial charge in [-0.1, -0.05) is 36.8 Å². The highest BCUT2D eigenvalue weighted by atomic mass is 19.1. The minimum atomic E-state index is -0.810. The van der Waals surface area contributed by atoms with E-state index in [4.69, 9.17) is 9.47 Å². The van der Waals surface area contributed by atoms with Gasteiger partial charge in [0, 0.05) is 18.3 Å². The molecule has 34 heavy (non-hydrogen) atoms. The number of halogens is 1. The van der Waals surface area contributed by atoms with Crippen molar-refractivity contribution in [1.29, 1.82) is 0 Å². The highest BCUT2D eigenvalue weighted by molar-refractivity contribution is 5.73. The Morgan fingerprint density at radius 3 is 2.79 bits per heavy atom. The molecule has 0 spiro atoms. The Bertz CT molecular complexity index is 1170. The molecule has 0 saturated carbocycles. The van der Waals surface area contributed by atoms with Crippen LogP contribution in [0.4, 0.5) is 4.39 Å². The number of aliphatic carboxylic acids is 1. The fourth-order valence-corrected chi connectivity index (χ4v) is 4.36. The first-order valence-electron chi connectivity index (χ1n) is 11.3. The van der Waals surface area contributed by atoms with E-state index < -0.39 is 12.0 Å². The zero-order valence-corrected chi connectivity index (χ0v) is 19.3. The number of benzene rings is 2. The molecular weight excluding hydrogens is 437 g/mol. The number of ether oxygens (including phenoxy) is 2. The number of carbonyl (C=O) groups is 1. The number of methoxy groups -OCH3 is 1. The minimum Gasteiger partial charge on any atom is -0.481 e. The van der Waals surface area contributed by atoms with Crippen molar-refractivity contribution in [1.82, 2.24) is 14.9 Å². The summed E-state index contributed by atoms with van der Waals surface area (Å²) in [7, 11) is 1.52. The summed E-state index contributed by atoms with van der Waals surface area (Å²) in [6, 6.07) is 12.0. The monoisotopic (exact) mass is 465 g/mol. The fraction of sp³-hybridized carbons (Fsp3) is 0.346. The molecule has 1 atom stereocenters. The molecule has 0 amide bonds. The van der Waals surface area contributed by atoms with Crippen LogP contribution in [0.3, 0.4) is 0 Å². The lowest BCUT2D eigenvalue weighted by atomic mass is 9.97. The molecule has 1 aromatic heterocycles. The molecule has 2 heterocycles. The summed E-state index contributed by atoms with van der Waals surface area (Å²) >= 11 is 0. The summed E-state index contributed by atoms with van der Waals surface area (Å²) in [5.74, 6) is -0.723. The van der Waals surface area contributed by atoms with Crippen LogP contribution in [-0.2, 0) is 17.9 Å². The first-order valence-corrected chi connectivity index (χ1v) is 11.3. The topological polar surface area (TPSA) is 84.8 Å². The van der Waals surface area contributed by atoms with E-state index in [1.807, 2.05) is 36.1 Å². The quantitative estimate of drug-likeness (QED) is 0.520. The first-order chi connectivity index (χ1) is 16.5. The molecule has 0 aliphatic carbocycles. The Balaban J connectivity index is 1.48. The summed E-state index contributed by atoms with van der Waals surface area (Å²) in [5, 5.41) is 9.52. The van der Waals surface area contributed by atoms with Crippen LogP contribution >= 0.6 is 0 Å². The molecule has 178 valence electrons. The van der Waals surface area contributed by atoms with Crippen LogP contribution in [0.2, 0.25) is 0 Å². The van der Waals surface area contributed by atoms with E-state index in [1.54, 1.807) is 12.3 Å². The number of aromatic nitrogens is 2. The van der Waals surface area contributed by atoms with Crippen LogP contribution < -0.4 is 9.47 Å². The third-order valence-electron chi connectivity index (χ3n) is 6.21. The summed E-state index contributed by atoms with van der Waals surface area (Å²) in [6.07, 6.45) is 4.13. The van der Waals surface area contributed by atoms with Crippen LogP contribution in [0.1, 0.15) is 36.0 Å². The number of nitrogens with zero attached hydrogens (tertiary/aromatic N) is 3. The van der Waals surface area contributed by atoms with E-state index in [9.17, 15) is 14.3 Å². The number of hydrogen-bond acceptors (Lipinski definition) is 6. The van der Waals surface area contributed by atoms with E-state index in [2.05, 4.69) is 9.97 Å². The maximum absolute atomic E-state index is 13.7. The average Bonchev–Trinajstić information content (AvgIpc) is 2.84. The number of hydrogen-bond donors (Lipinski definition) is 1. The molecule has 4 rings (SSSR count). The second kappa shape index (κ2) is 10.6. The normalized spacial score (nSPS) is 16.3. The lowest BCUT2D eigenvalue weighted by Crippen LogP contribution is -2.44. The van der Waals surface area contributed by atoms with Crippen molar-refractivity contribution in [2.45, 2.75) is 45.4 Å². The minimum absolute atomic E-state index is 0.171. The second-order valence-electron chi connectivity index (χ2n) is 8.40. The van der Waals surface area contributed by atoms with E-state index in [0.29, 0.717) is 31.0 Å². The van der Waals surface area contributed by atoms with Crippen molar-refractivity contribution in [2.75, 3.05) is 13.7 Å². The van der Waals surface area contributed by atoms with Crippen LogP contribution in [0.15, 0.2) is 48.7 Å². The van der Waals surface area contributed by atoms with Crippen molar-refractivity contribution in [3.63, 3.8) is 0 Å². The standard InChI is InChI=1S/C26H28FN3O4/c1-17-19(8-6-10-22(17)18-7-5-9-21(27)13-18)16-34-26-28-14-20(24(29-26)33-2)15-30-12-4-3-11-23(30)25(31)32/h5-10,13-14,23H,3-4,11-12,15-16H2,1-2H3,(H,31,32). The van der Waals surface area contributed by atoms with Gasteiger partial charge in [-0.15, -0.1) is 0 Å². The average molecular weight is 466 g/mol. The highest BCUT2D eigenvalue weighted by Gasteiger charge is 2.29. The molecule has 1 N–H and O–H groups in total. The highest BCUT2D eigenvalue weighted by Crippen LogP contribution is 2.28. The molecule has 1 saturated heterocycles. The van der Waals surface area contributed by atoms with Crippen molar-refractivity contribution < 1.29 is 23.8 Å². The number of likely N-dealkylation sites (tertiary alicyclic amines) is 1. The molecule has 1 aliphatic rings. The van der Waals surface area contributed by atoms with Crippen LogP contribution in [0, 0.1) is 12.7 Å². The van der Waals surface area contributed by atoms with Gasteiger partial charge < -0.3 is 14.6 Å². The third-order valence-corrected chi connectivity index (χ3v) is 6.21. The second-order valence-corrected chi connectivity index (χ2v) is 8.40. The van der Waals surface area contributed by atoms with Crippen LogP contribution in [-0.4, -0.2) is 45.6 Å². The predicted molar refractivity (Wildman–Crippen MR) is 125 cm³/mol. The van der Waals surface area contributed by atoms with Gasteiger partial charge in [-0.05, 0) is 60.7 Å². The Morgan fingerprint density at radius 1 is 1.21 bits per heavy atom. The van der Waals surface area contributed by atoms with Crippen LogP contribution in [0.5, 0.6) is 11.9 Å². The van der Waals surface area contributed by atoms with E-state index in [1.165, 1.54) is 19.2 Å². The smallest absolute Gasteiger partial charge is 0.320 e. The Labute approximate surface area is 198 Å². The Morgan fingerprint density at radius 2 is 2.03 bits per heavy atom. The summed E-state index contributed by atoms with van der Waals surface area (Å²) in [6.45, 7) is 3.32. The predicted octanol–water partition coefficient (Wildman–Crippen LogP) is 4.62. The molecule has 8 heteroatoms. The van der Waals surface area contributed by atoms with Crippen LogP contribution in [0.25, 0.3) is 11.1 Å². The Kier molecular flexibility index (Phi) is 7.37. The van der Waals surface area contributed by atoms with Gasteiger partial charge in [-0.25, -0.2) is 9.37 Å². The maximum atomic E-state index is 13.7. The lowest BCUT2D eigenvalue weighted by molar-refractivity contribution is -0.144. The van der Waals surface area contributed by atoms with Gasteiger partial charge in [0.25, 0.3) is 0 Å². The number of carboxylic acids is 1. The number of rotatable bonds is 8. The maximum Gasteiger partial charge on any atom is 0.320 e. The molecule has 1 unspecified atom stereocenters. The van der Waals surface area contributed by atoms with Gasteiger partial charge in [0.2, 0.25) is 5.88 Å². The molecular formula is C26H28FN3O4. The van der Waals surface area contributed by atoms with Crippen molar-refractivity contribution in [2.24, 2.45) is 0 Å². The zero-order chi connectivity index (χ0) is 24.1. The van der Waals surface area contributed by atoms with Gasteiger partial charge in [-0.2, -0.15) is 4.98 Å². The molecule has 2 aromatic carbocycles. The summed E-state index contributed by atoms with van der Waals surface area (Å²) < 4.78 is 25.0. The molecule has 1 fully saturated rings. The number of piperidine rings is 1. The lowest BCUT2D eigenvalue weighted by Gasteiger charge is -2.32. The van der Waals surface area contributed by atoms with E-state index in [-0.39, 0.29) is 18.4 Å². The van der Waals surface area contributed by atoms with E-state index in [0.717, 1.165) is 35.1 Å². The van der Waals surface area contributed by atoms with Crippen molar-refractivity contribution in [3.8, 4) is 23.0 Å².